The number of carbonyl (C=O) groups is 2. The smallest absolute Gasteiger partial charge is 0.342 e. The lowest BCUT2D eigenvalue weighted by Crippen LogP contribution is -2.43. The summed E-state index contributed by atoms with van der Waals surface area (Å²) < 4.78 is 55.4. The molecule has 0 radical (unpaired) electrons. The third-order valence-electron chi connectivity index (χ3n) is 9.85. The van der Waals surface area contributed by atoms with Crippen LogP contribution in [0.3, 0.4) is 0 Å². The highest BCUT2D eigenvalue weighted by atomic mass is 32.2. The van der Waals surface area contributed by atoms with Gasteiger partial charge in [0.2, 0.25) is 10.0 Å². The van der Waals surface area contributed by atoms with E-state index >= 15 is 0 Å². The first kappa shape index (κ1) is 39.4. The maximum Gasteiger partial charge on any atom is 0.342 e. The fourth-order valence-corrected chi connectivity index (χ4v) is 7.74. The van der Waals surface area contributed by atoms with Crippen LogP contribution in [0.2, 0.25) is 18.1 Å². The number of fused-ring (bicyclic) bond motifs is 1. The SMILES string of the molecule is COC(=O)c1c(-c2ccc(F)cc2)nn2cc(N(CCO[Si](C)(C)C(C)(C)C)S(C)(=O)=O)c(-c3cccc(C(=O)NC(C)(C)c4ccccc4)c3)cc12. The van der Waals surface area contributed by atoms with E-state index in [1.807, 2.05) is 44.2 Å². The van der Waals surface area contributed by atoms with Crippen molar-refractivity contribution in [1.29, 1.82) is 0 Å². The van der Waals surface area contributed by atoms with Crippen molar-refractivity contribution < 1.29 is 31.6 Å². The van der Waals surface area contributed by atoms with Crippen LogP contribution in [0.4, 0.5) is 10.1 Å². The van der Waals surface area contributed by atoms with Crippen molar-refractivity contribution in [1.82, 2.24) is 14.9 Å². The molecule has 0 atom stereocenters. The largest absolute Gasteiger partial charge is 0.465 e. The number of methoxy groups -OCH3 is 1. The van der Waals surface area contributed by atoms with Gasteiger partial charge in [0.1, 0.15) is 17.1 Å². The van der Waals surface area contributed by atoms with Crippen molar-refractivity contribution in [3.05, 3.63) is 114 Å². The van der Waals surface area contributed by atoms with E-state index in [4.69, 9.17) is 14.3 Å². The first-order valence-corrected chi connectivity index (χ1v) is 22.0. The van der Waals surface area contributed by atoms with Gasteiger partial charge in [-0.1, -0.05) is 63.2 Å². The van der Waals surface area contributed by atoms with Crippen LogP contribution in [0, 0.1) is 5.82 Å². The fourth-order valence-electron chi connectivity index (χ4n) is 5.80. The average Bonchev–Trinajstić information content (AvgIpc) is 3.47. The molecule has 0 aliphatic rings. The number of sulfonamides is 1. The summed E-state index contributed by atoms with van der Waals surface area (Å²) >= 11 is 0. The molecule has 2 aromatic heterocycles. The number of benzene rings is 3. The van der Waals surface area contributed by atoms with Gasteiger partial charge in [-0.15, -0.1) is 0 Å². The van der Waals surface area contributed by atoms with Crippen LogP contribution in [-0.4, -0.2) is 64.7 Å². The van der Waals surface area contributed by atoms with Crippen molar-refractivity contribution in [2.45, 2.75) is 58.3 Å². The molecule has 0 saturated carbocycles. The maximum atomic E-state index is 13.9. The van der Waals surface area contributed by atoms with Crippen molar-refractivity contribution in [2.24, 2.45) is 0 Å². The second-order valence-electron chi connectivity index (χ2n) is 15.1. The van der Waals surface area contributed by atoms with Gasteiger partial charge in [-0.2, -0.15) is 5.10 Å². The number of ether oxygens (including phenoxy) is 1. The number of nitrogens with one attached hydrogen (secondary N) is 1. The van der Waals surface area contributed by atoms with Crippen LogP contribution >= 0.6 is 0 Å². The van der Waals surface area contributed by atoms with Gasteiger partial charge >= 0.3 is 5.97 Å². The van der Waals surface area contributed by atoms with Gasteiger partial charge in [-0.05, 0) is 85.6 Å². The first-order valence-electron chi connectivity index (χ1n) is 17.2. The van der Waals surface area contributed by atoms with E-state index in [9.17, 15) is 22.4 Å². The van der Waals surface area contributed by atoms with Gasteiger partial charge in [0.15, 0.2) is 8.32 Å². The number of aromatic nitrogens is 2. The molecular formula is C40H47FN4O6SSi. The minimum atomic E-state index is -3.92. The van der Waals surface area contributed by atoms with Crippen LogP contribution < -0.4 is 9.62 Å². The van der Waals surface area contributed by atoms with Gasteiger partial charge in [0.05, 0.1) is 49.5 Å². The van der Waals surface area contributed by atoms with Crippen molar-refractivity contribution in [3.8, 4) is 22.4 Å². The van der Waals surface area contributed by atoms with Crippen LogP contribution in [-0.2, 0) is 24.7 Å². The zero-order valence-corrected chi connectivity index (χ0v) is 33.5. The molecule has 0 fully saturated rings. The van der Waals surface area contributed by atoms with E-state index < -0.39 is 35.7 Å². The number of amides is 1. The normalized spacial score (nSPS) is 12.5. The zero-order valence-electron chi connectivity index (χ0n) is 31.7. The molecular weight excluding hydrogens is 712 g/mol. The molecule has 0 bridgehead atoms. The summed E-state index contributed by atoms with van der Waals surface area (Å²) in [5.41, 5.74) is 2.88. The molecule has 0 saturated heterocycles. The lowest BCUT2D eigenvalue weighted by molar-refractivity contribution is 0.0603. The number of pyridine rings is 1. The Hall–Kier alpha value is -4.85. The Labute approximate surface area is 312 Å². The van der Waals surface area contributed by atoms with Gasteiger partial charge in [-0.3, -0.25) is 9.10 Å². The molecule has 280 valence electrons. The highest BCUT2D eigenvalue weighted by molar-refractivity contribution is 7.92. The lowest BCUT2D eigenvalue weighted by atomic mass is 9.93. The number of hydrogen-bond donors (Lipinski definition) is 1. The summed E-state index contributed by atoms with van der Waals surface area (Å²) in [5, 5.41) is 7.70. The Balaban J connectivity index is 1.70. The molecule has 0 spiro atoms. The molecule has 3 aromatic carbocycles. The Morgan fingerprint density at radius 1 is 0.925 bits per heavy atom. The predicted octanol–water partition coefficient (Wildman–Crippen LogP) is 8.05. The van der Waals surface area contributed by atoms with Crippen molar-refractivity contribution in [2.75, 3.05) is 30.8 Å². The molecule has 0 unspecified atom stereocenters. The third kappa shape index (κ3) is 8.53. The van der Waals surface area contributed by atoms with E-state index in [-0.39, 0.29) is 41.0 Å². The number of halogens is 1. The average molecular weight is 759 g/mol. The van der Waals surface area contributed by atoms with E-state index in [0.29, 0.717) is 27.8 Å². The third-order valence-corrected chi connectivity index (χ3v) is 15.6. The molecule has 2 heterocycles. The first-order chi connectivity index (χ1) is 24.7. The molecule has 10 nitrogen and oxygen atoms in total. The van der Waals surface area contributed by atoms with Crippen LogP contribution in [0.25, 0.3) is 27.9 Å². The Morgan fingerprint density at radius 3 is 2.19 bits per heavy atom. The molecule has 5 rings (SSSR count). The second kappa shape index (κ2) is 14.9. The lowest BCUT2D eigenvalue weighted by Gasteiger charge is -2.37. The minimum absolute atomic E-state index is 0.00869. The Bertz CT molecular complexity index is 2250. The van der Waals surface area contributed by atoms with Crippen LogP contribution in [0.1, 0.15) is 60.9 Å². The summed E-state index contributed by atoms with van der Waals surface area (Å²) in [6, 6.07) is 23.7. The van der Waals surface area contributed by atoms with Crippen molar-refractivity contribution in [3.63, 3.8) is 0 Å². The van der Waals surface area contributed by atoms with E-state index in [1.54, 1.807) is 36.5 Å². The highest BCUT2D eigenvalue weighted by Crippen LogP contribution is 2.39. The van der Waals surface area contributed by atoms with E-state index in [1.165, 1.54) is 40.2 Å². The Morgan fingerprint density at radius 2 is 1.58 bits per heavy atom. The standard InChI is InChI=1S/C40H47FN4O6SSi/c1-39(2,3)53(8,9)51-23-22-45(52(7,48)49)34-26-44-33(35(38(47)50-6)36(43-44)27-18-20-31(41)21-19-27)25-32(34)28-14-13-15-29(24-28)37(46)42-40(4,5)30-16-11-10-12-17-30/h10-21,24-26H,22-23H2,1-9H3,(H,42,46). The summed E-state index contributed by atoms with van der Waals surface area (Å²) in [5.74, 6) is -1.47. The minimum Gasteiger partial charge on any atom is -0.465 e. The quantitative estimate of drug-likeness (QED) is 0.101. The fraction of sp³-hybridized carbons (Fsp3) is 0.325. The van der Waals surface area contributed by atoms with Gasteiger partial charge in [-0.25, -0.2) is 22.1 Å². The summed E-state index contributed by atoms with van der Waals surface area (Å²) in [6.07, 6.45) is 2.67. The van der Waals surface area contributed by atoms with E-state index in [0.717, 1.165) is 11.8 Å². The number of carbonyl (C=O) groups excluding carboxylic acids is 2. The molecule has 13 heteroatoms. The predicted molar refractivity (Wildman–Crippen MR) is 210 cm³/mol. The molecule has 1 N–H and O–H groups in total. The van der Waals surface area contributed by atoms with Gasteiger partial charge in [0, 0.05) is 16.7 Å². The monoisotopic (exact) mass is 758 g/mol. The second-order valence-corrected chi connectivity index (χ2v) is 21.8. The topological polar surface area (TPSA) is 119 Å². The molecule has 1 amide bonds. The van der Waals surface area contributed by atoms with Crippen LogP contribution in [0.5, 0.6) is 0 Å². The Kier molecular flexibility index (Phi) is 11.0. The summed E-state index contributed by atoms with van der Waals surface area (Å²) in [6.45, 7) is 14.5. The van der Waals surface area contributed by atoms with E-state index in [2.05, 4.69) is 39.2 Å². The number of hydrogen-bond acceptors (Lipinski definition) is 7. The number of esters is 1. The van der Waals surface area contributed by atoms with Crippen molar-refractivity contribution >= 4 is 41.4 Å². The molecule has 53 heavy (non-hydrogen) atoms. The van der Waals surface area contributed by atoms with Gasteiger partial charge in [0.25, 0.3) is 5.91 Å². The molecule has 5 aromatic rings. The zero-order chi connectivity index (χ0) is 38.9. The number of rotatable bonds is 12. The maximum absolute atomic E-state index is 13.9. The highest BCUT2D eigenvalue weighted by Gasteiger charge is 2.37. The summed E-state index contributed by atoms with van der Waals surface area (Å²) in [7, 11) is -4.91. The number of nitrogens with zero attached hydrogens (tertiary/aromatic N) is 3. The molecule has 0 aliphatic carbocycles. The molecule has 0 aliphatic heterocycles. The number of anilines is 1. The van der Waals surface area contributed by atoms with Crippen LogP contribution in [0.15, 0.2) is 91.1 Å². The summed E-state index contributed by atoms with van der Waals surface area (Å²) in [4.78, 5) is 27.1. The van der Waals surface area contributed by atoms with Gasteiger partial charge < -0.3 is 14.5 Å².